The molecule has 0 fully saturated rings. The zero-order chi connectivity index (χ0) is 18.4. The number of aromatic amines is 1. The molecule has 1 atom stereocenters. The van der Waals surface area contributed by atoms with E-state index in [0.717, 1.165) is 50.8 Å². The van der Waals surface area contributed by atoms with E-state index >= 15 is 0 Å². The highest BCUT2D eigenvalue weighted by atomic mass is 32.2. The zero-order valence-electron chi connectivity index (χ0n) is 15.0. The molecule has 0 bridgehead atoms. The summed E-state index contributed by atoms with van der Waals surface area (Å²) in [6.07, 6.45) is 5.17. The minimum absolute atomic E-state index is 0.0564. The van der Waals surface area contributed by atoms with E-state index in [1.54, 1.807) is 24.2 Å². The summed E-state index contributed by atoms with van der Waals surface area (Å²) in [5.41, 5.74) is 3.32. The maximum absolute atomic E-state index is 12.0. The Morgan fingerprint density at radius 2 is 2.19 bits per heavy atom. The van der Waals surface area contributed by atoms with Crippen molar-refractivity contribution in [2.24, 2.45) is 5.92 Å². The number of H-pyrrole nitrogens is 1. The normalized spacial score (nSPS) is 16.7. The third-order valence-corrected chi connectivity index (χ3v) is 7.46. The SMILES string of the molecule is C[C@H]1CCc2c(sc3ncnc(SCc4cc(=O)[nH]c5ccccc45)c23)C1. The summed E-state index contributed by atoms with van der Waals surface area (Å²) in [4.78, 5) is 26.6. The highest BCUT2D eigenvalue weighted by Crippen LogP contribution is 2.41. The molecule has 3 aromatic heterocycles. The molecule has 6 heteroatoms. The summed E-state index contributed by atoms with van der Waals surface area (Å²) in [6.45, 7) is 2.33. The van der Waals surface area contributed by atoms with Gasteiger partial charge in [-0.3, -0.25) is 4.79 Å². The van der Waals surface area contributed by atoms with Crippen molar-refractivity contribution in [3.8, 4) is 0 Å². The summed E-state index contributed by atoms with van der Waals surface area (Å²) in [6, 6.07) is 9.67. The molecule has 0 spiro atoms. The maximum atomic E-state index is 12.0. The Morgan fingerprint density at radius 1 is 1.30 bits per heavy atom. The predicted octanol–water partition coefficient (Wildman–Crippen LogP) is 4.95. The first-order valence-electron chi connectivity index (χ1n) is 9.18. The Bertz CT molecular complexity index is 1210. The third-order valence-electron chi connectivity index (χ3n) is 5.26. The van der Waals surface area contributed by atoms with Crippen LogP contribution in [0.2, 0.25) is 0 Å². The number of benzene rings is 1. The molecule has 136 valence electrons. The van der Waals surface area contributed by atoms with Gasteiger partial charge >= 0.3 is 0 Å². The molecule has 5 rings (SSSR count). The lowest BCUT2D eigenvalue weighted by atomic mass is 9.89. The van der Waals surface area contributed by atoms with Gasteiger partial charge < -0.3 is 4.98 Å². The number of para-hydroxylation sites is 1. The van der Waals surface area contributed by atoms with E-state index in [2.05, 4.69) is 27.9 Å². The zero-order valence-corrected chi connectivity index (χ0v) is 16.6. The average molecular weight is 394 g/mol. The second-order valence-corrected chi connectivity index (χ2v) is 9.25. The lowest BCUT2D eigenvalue weighted by molar-refractivity contribution is 0.509. The maximum Gasteiger partial charge on any atom is 0.248 e. The summed E-state index contributed by atoms with van der Waals surface area (Å²) in [7, 11) is 0. The number of thiophene rings is 1. The fourth-order valence-corrected chi connectivity index (χ4v) is 6.33. The number of aromatic nitrogens is 3. The van der Waals surface area contributed by atoms with Crippen molar-refractivity contribution in [3.05, 3.63) is 63.0 Å². The van der Waals surface area contributed by atoms with Crippen molar-refractivity contribution >= 4 is 44.2 Å². The molecule has 1 N–H and O–H groups in total. The quantitative estimate of drug-likeness (QED) is 0.395. The Kier molecular flexibility index (Phi) is 4.25. The Hall–Kier alpha value is -2.18. The van der Waals surface area contributed by atoms with Crippen LogP contribution in [0.15, 0.2) is 46.5 Å². The molecule has 0 unspecified atom stereocenters. The molecule has 0 saturated heterocycles. The van der Waals surface area contributed by atoms with Crippen LogP contribution in [0.4, 0.5) is 0 Å². The number of hydrogen-bond acceptors (Lipinski definition) is 5. The van der Waals surface area contributed by atoms with Crippen LogP contribution >= 0.6 is 23.1 Å². The molecule has 1 aromatic carbocycles. The van der Waals surface area contributed by atoms with Gasteiger partial charge in [0.25, 0.3) is 0 Å². The van der Waals surface area contributed by atoms with E-state index in [4.69, 9.17) is 0 Å². The Morgan fingerprint density at radius 3 is 3.11 bits per heavy atom. The molecule has 3 heterocycles. The Balaban J connectivity index is 1.54. The fourth-order valence-electron chi connectivity index (χ4n) is 3.90. The van der Waals surface area contributed by atoms with Gasteiger partial charge in [-0.15, -0.1) is 23.1 Å². The van der Waals surface area contributed by atoms with Crippen molar-refractivity contribution < 1.29 is 0 Å². The molecule has 0 amide bonds. The number of pyridine rings is 1. The standard InChI is InChI=1S/C21H19N3OS2/c1-12-6-7-15-17(8-12)27-21-19(15)20(22-11-23-21)26-10-13-9-18(25)24-16-5-3-2-4-14(13)16/h2-5,9,11-12H,6-8,10H2,1H3,(H,24,25)/t12-/m0/s1. The van der Waals surface area contributed by atoms with Crippen LogP contribution in [0.1, 0.15) is 29.3 Å². The number of nitrogens with one attached hydrogen (secondary N) is 1. The summed E-state index contributed by atoms with van der Waals surface area (Å²) in [5, 5.41) is 3.37. The molecule has 0 aliphatic heterocycles. The second-order valence-electron chi connectivity index (χ2n) is 7.20. The predicted molar refractivity (Wildman–Crippen MR) is 113 cm³/mol. The van der Waals surface area contributed by atoms with Crippen molar-refractivity contribution in [3.63, 3.8) is 0 Å². The van der Waals surface area contributed by atoms with Crippen LogP contribution in [0, 0.1) is 5.92 Å². The van der Waals surface area contributed by atoms with E-state index in [0.29, 0.717) is 0 Å². The van der Waals surface area contributed by atoms with Crippen LogP contribution in [-0.2, 0) is 18.6 Å². The van der Waals surface area contributed by atoms with E-state index in [-0.39, 0.29) is 5.56 Å². The number of fused-ring (bicyclic) bond motifs is 4. The van der Waals surface area contributed by atoms with Gasteiger partial charge in [0.1, 0.15) is 16.2 Å². The lowest BCUT2D eigenvalue weighted by Gasteiger charge is -2.18. The minimum Gasteiger partial charge on any atom is -0.322 e. The topological polar surface area (TPSA) is 58.6 Å². The molecule has 0 saturated carbocycles. The highest BCUT2D eigenvalue weighted by molar-refractivity contribution is 7.98. The van der Waals surface area contributed by atoms with Crippen LogP contribution in [-0.4, -0.2) is 15.0 Å². The van der Waals surface area contributed by atoms with Crippen LogP contribution < -0.4 is 5.56 Å². The van der Waals surface area contributed by atoms with E-state index in [1.807, 2.05) is 29.5 Å². The number of hydrogen-bond donors (Lipinski definition) is 1. The molecule has 1 aliphatic rings. The van der Waals surface area contributed by atoms with E-state index in [1.165, 1.54) is 22.2 Å². The van der Waals surface area contributed by atoms with Gasteiger partial charge in [-0.2, -0.15) is 0 Å². The molecular formula is C21H19N3OS2. The van der Waals surface area contributed by atoms with Gasteiger partial charge in [0, 0.05) is 33.0 Å². The molecule has 1 aliphatic carbocycles. The van der Waals surface area contributed by atoms with Gasteiger partial charge in [-0.1, -0.05) is 25.1 Å². The first kappa shape index (κ1) is 17.0. The molecule has 4 aromatic rings. The highest BCUT2D eigenvalue weighted by Gasteiger charge is 2.23. The number of thioether (sulfide) groups is 1. The summed E-state index contributed by atoms with van der Waals surface area (Å²) < 4.78 is 0. The first-order chi connectivity index (χ1) is 13.2. The molecular weight excluding hydrogens is 374 g/mol. The molecule has 27 heavy (non-hydrogen) atoms. The van der Waals surface area contributed by atoms with Crippen LogP contribution in [0.5, 0.6) is 0 Å². The number of nitrogens with zero attached hydrogens (tertiary/aromatic N) is 2. The van der Waals surface area contributed by atoms with Crippen molar-refractivity contribution in [1.82, 2.24) is 15.0 Å². The fraction of sp³-hybridized carbons (Fsp3) is 0.286. The van der Waals surface area contributed by atoms with E-state index in [9.17, 15) is 4.79 Å². The third kappa shape index (κ3) is 3.07. The van der Waals surface area contributed by atoms with Crippen molar-refractivity contribution in [1.29, 1.82) is 0 Å². The first-order valence-corrected chi connectivity index (χ1v) is 11.0. The smallest absolute Gasteiger partial charge is 0.248 e. The van der Waals surface area contributed by atoms with Crippen LogP contribution in [0.3, 0.4) is 0 Å². The Labute approximate surface area is 165 Å². The van der Waals surface area contributed by atoms with Gasteiger partial charge in [0.2, 0.25) is 5.56 Å². The monoisotopic (exact) mass is 393 g/mol. The van der Waals surface area contributed by atoms with Crippen molar-refractivity contribution in [2.75, 3.05) is 0 Å². The van der Waals surface area contributed by atoms with E-state index < -0.39 is 0 Å². The van der Waals surface area contributed by atoms with Crippen molar-refractivity contribution in [2.45, 2.75) is 37.0 Å². The van der Waals surface area contributed by atoms with Gasteiger partial charge in [0.05, 0.1) is 0 Å². The summed E-state index contributed by atoms with van der Waals surface area (Å²) >= 11 is 3.53. The molecule has 0 radical (unpaired) electrons. The molecule has 4 nitrogen and oxygen atoms in total. The summed E-state index contributed by atoms with van der Waals surface area (Å²) in [5.74, 6) is 1.47. The lowest BCUT2D eigenvalue weighted by Crippen LogP contribution is -2.08. The average Bonchev–Trinajstić information content (AvgIpc) is 3.04. The van der Waals surface area contributed by atoms with Crippen LogP contribution in [0.25, 0.3) is 21.1 Å². The van der Waals surface area contributed by atoms with Gasteiger partial charge in [-0.25, -0.2) is 9.97 Å². The number of rotatable bonds is 3. The number of aryl methyl sites for hydroxylation is 1. The van der Waals surface area contributed by atoms with Gasteiger partial charge in [0.15, 0.2) is 0 Å². The second kappa shape index (κ2) is 6.77. The van der Waals surface area contributed by atoms with Gasteiger partial charge in [-0.05, 0) is 42.4 Å². The minimum atomic E-state index is -0.0564. The largest absolute Gasteiger partial charge is 0.322 e.